The lowest BCUT2D eigenvalue weighted by Crippen LogP contribution is -2.39. The van der Waals surface area contributed by atoms with Gasteiger partial charge < -0.3 is 10.6 Å². The Bertz CT molecular complexity index is 583. The van der Waals surface area contributed by atoms with Crippen molar-refractivity contribution in [3.63, 3.8) is 0 Å². The van der Waals surface area contributed by atoms with Gasteiger partial charge in [-0.2, -0.15) is 0 Å². The smallest absolute Gasteiger partial charge is 0.190 e. The second kappa shape index (κ2) is 9.00. The molecule has 0 saturated heterocycles. The summed E-state index contributed by atoms with van der Waals surface area (Å²) in [7, 11) is 1.76. The van der Waals surface area contributed by atoms with Crippen molar-refractivity contribution in [3.05, 3.63) is 59.1 Å². The molecule has 0 aliphatic heterocycles. The molecule has 22 heavy (non-hydrogen) atoms. The first-order valence-corrected chi connectivity index (χ1v) is 7.60. The summed E-state index contributed by atoms with van der Waals surface area (Å²) in [6, 6.07) is 9.72. The summed E-state index contributed by atoms with van der Waals surface area (Å²) in [6.07, 6.45) is 5.33. The second-order valence-electron chi connectivity index (χ2n) is 4.74. The highest BCUT2D eigenvalue weighted by atomic mass is 35.5. The summed E-state index contributed by atoms with van der Waals surface area (Å²) in [5, 5.41) is 7.07. The van der Waals surface area contributed by atoms with Crippen molar-refractivity contribution in [2.45, 2.75) is 12.8 Å². The van der Waals surface area contributed by atoms with Crippen LogP contribution in [0.2, 0.25) is 5.15 Å². The molecule has 0 spiro atoms. The Hall–Kier alpha value is -2.14. The van der Waals surface area contributed by atoms with Crippen molar-refractivity contribution < 1.29 is 0 Å². The zero-order chi connectivity index (χ0) is 15.6. The van der Waals surface area contributed by atoms with Crippen LogP contribution in [-0.4, -0.2) is 36.1 Å². The summed E-state index contributed by atoms with van der Waals surface area (Å²) >= 11 is 5.77. The molecular formula is C16H20ClN5. The van der Waals surface area contributed by atoms with E-state index in [9.17, 15) is 0 Å². The molecule has 0 aromatic carbocycles. The molecule has 6 heteroatoms. The number of hydrogen-bond donors (Lipinski definition) is 2. The first kappa shape index (κ1) is 16.2. The van der Waals surface area contributed by atoms with E-state index < -0.39 is 0 Å². The molecular weight excluding hydrogens is 298 g/mol. The molecule has 0 amide bonds. The summed E-state index contributed by atoms with van der Waals surface area (Å²) in [6.45, 7) is 1.58. The minimum absolute atomic E-state index is 0.517. The highest BCUT2D eigenvalue weighted by Crippen LogP contribution is 2.05. The molecule has 0 atom stereocenters. The minimum atomic E-state index is 0.517. The summed E-state index contributed by atoms with van der Waals surface area (Å²) < 4.78 is 0. The Morgan fingerprint density at radius 1 is 1.09 bits per heavy atom. The van der Waals surface area contributed by atoms with Gasteiger partial charge in [0.2, 0.25) is 0 Å². The molecule has 0 aliphatic rings. The lowest BCUT2D eigenvalue weighted by molar-refractivity contribution is 0.775. The topological polar surface area (TPSA) is 62.2 Å². The van der Waals surface area contributed by atoms with E-state index in [-0.39, 0.29) is 0 Å². The molecule has 0 bridgehead atoms. The fourth-order valence-electron chi connectivity index (χ4n) is 1.96. The van der Waals surface area contributed by atoms with E-state index in [1.54, 1.807) is 19.3 Å². The maximum Gasteiger partial charge on any atom is 0.190 e. The number of hydrogen-bond acceptors (Lipinski definition) is 3. The van der Waals surface area contributed by atoms with Crippen molar-refractivity contribution in [3.8, 4) is 0 Å². The van der Waals surface area contributed by atoms with Crippen molar-refractivity contribution in [2.75, 3.05) is 20.1 Å². The average Bonchev–Trinajstić information content (AvgIpc) is 2.56. The van der Waals surface area contributed by atoms with Crippen molar-refractivity contribution in [2.24, 2.45) is 4.99 Å². The van der Waals surface area contributed by atoms with Gasteiger partial charge in [0.15, 0.2) is 5.96 Å². The summed E-state index contributed by atoms with van der Waals surface area (Å²) in [5.41, 5.74) is 2.21. The first-order chi connectivity index (χ1) is 10.8. The third-order valence-electron chi connectivity index (χ3n) is 3.12. The number of guanidine groups is 1. The van der Waals surface area contributed by atoms with E-state index in [0.717, 1.165) is 43.1 Å². The van der Waals surface area contributed by atoms with E-state index in [1.807, 2.05) is 30.5 Å². The van der Waals surface area contributed by atoms with Gasteiger partial charge in [-0.1, -0.05) is 23.7 Å². The van der Waals surface area contributed by atoms with Gasteiger partial charge in [0, 0.05) is 44.6 Å². The van der Waals surface area contributed by atoms with Crippen LogP contribution in [0.3, 0.4) is 0 Å². The van der Waals surface area contributed by atoms with E-state index >= 15 is 0 Å². The van der Waals surface area contributed by atoms with Gasteiger partial charge in [-0.3, -0.25) is 9.98 Å². The molecule has 2 aromatic heterocycles. The van der Waals surface area contributed by atoms with E-state index in [2.05, 4.69) is 25.6 Å². The average molecular weight is 318 g/mol. The predicted octanol–water partition coefficient (Wildman–Crippen LogP) is 2.08. The van der Waals surface area contributed by atoms with Crippen molar-refractivity contribution >= 4 is 17.6 Å². The zero-order valence-corrected chi connectivity index (χ0v) is 13.3. The third kappa shape index (κ3) is 5.69. The Kier molecular flexibility index (Phi) is 6.64. The van der Waals surface area contributed by atoms with Crippen LogP contribution in [0, 0.1) is 0 Å². The standard InChI is InChI=1S/C16H20ClN5/c1-18-16(21-11-8-14-4-2-3-9-19-14)20-10-7-13-5-6-15(17)22-12-13/h2-6,9,12H,7-8,10-11H2,1H3,(H2,18,20,21). The van der Waals surface area contributed by atoms with Gasteiger partial charge in [-0.25, -0.2) is 4.98 Å². The molecule has 0 radical (unpaired) electrons. The fourth-order valence-corrected chi connectivity index (χ4v) is 2.07. The summed E-state index contributed by atoms with van der Waals surface area (Å²) in [5.74, 6) is 0.790. The lowest BCUT2D eigenvalue weighted by Gasteiger charge is -2.11. The van der Waals surface area contributed by atoms with Crippen LogP contribution < -0.4 is 10.6 Å². The highest BCUT2D eigenvalue weighted by Gasteiger charge is 1.99. The Morgan fingerprint density at radius 3 is 2.55 bits per heavy atom. The van der Waals surface area contributed by atoms with Gasteiger partial charge >= 0.3 is 0 Å². The maximum atomic E-state index is 5.77. The van der Waals surface area contributed by atoms with Crippen molar-refractivity contribution in [1.29, 1.82) is 0 Å². The van der Waals surface area contributed by atoms with Crippen LogP contribution in [-0.2, 0) is 12.8 Å². The van der Waals surface area contributed by atoms with Crippen LogP contribution >= 0.6 is 11.6 Å². The zero-order valence-electron chi connectivity index (χ0n) is 12.6. The number of aliphatic imine (C=N–C) groups is 1. The molecule has 2 aromatic rings. The van der Waals surface area contributed by atoms with Crippen LogP contribution in [0.4, 0.5) is 0 Å². The predicted molar refractivity (Wildman–Crippen MR) is 90.3 cm³/mol. The van der Waals surface area contributed by atoms with Crippen LogP contribution in [0.5, 0.6) is 0 Å². The normalized spacial score (nSPS) is 11.3. The van der Waals surface area contributed by atoms with Crippen LogP contribution in [0.1, 0.15) is 11.3 Å². The Morgan fingerprint density at radius 2 is 1.91 bits per heavy atom. The first-order valence-electron chi connectivity index (χ1n) is 7.23. The van der Waals surface area contributed by atoms with Gasteiger partial charge in [0.05, 0.1) is 0 Å². The molecule has 0 fully saturated rings. The molecule has 2 N–H and O–H groups in total. The van der Waals surface area contributed by atoms with E-state index in [1.165, 1.54) is 0 Å². The Balaban J connectivity index is 1.68. The summed E-state index contributed by atoms with van der Waals surface area (Å²) in [4.78, 5) is 12.6. The van der Waals surface area contributed by atoms with E-state index in [0.29, 0.717) is 5.15 Å². The number of rotatable bonds is 6. The van der Waals surface area contributed by atoms with Gasteiger partial charge in [0.25, 0.3) is 0 Å². The number of pyridine rings is 2. The molecule has 2 heterocycles. The fraction of sp³-hybridized carbons (Fsp3) is 0.312. The number of nitrogens with one attached hydrogen (secondary N) is 2. The maximum absolute atomic E-state index is 5.77. The lowest BCUT2D eigenvalue weighted by atomic mass is 10.2. The highest BCUT2D eigenvalue weighted by molar-refractivity contribution is 6.29. The number of aromatic nitrogens is 2. The second-order valence-corrected chi connectivity index (χ2v) is 5.12. The molecule has 0 saturated carbocycles. The molecule has 0 aliphatic carbocycles. The third-order valence-corrected chi connectivity index (χ3v) is 3.34. The monoisotopic (exact) mass is 317 g/mol. The van der Waals surface area contributed by atoms with Gasteiger partial charge in [-0.15, -0.1) is 0 Å². The van der Waals surface area contributed by atoms with Crippen molar-refractivity contribution in [1.82, 2.24) is 20.6 Å². The van der Waals surface area contributed by atoms with E-state index in [4.69, 9.17) is 11.6 Å². The molecule has 116 valence electrons. The molecule has 0 unspecified atom stereocenters. The van der Waals surface area contributed by atoms with Crippen LogP contribution in [0.15, 0.2) is 47.7 Å². The number of nitrogens with zero attached hydrogens (tertiary/aromatic N) is 3. The van der Waals surface area contributed by atoms with Gasteiger partial charge in [-0.05, 0) is 30.2 Å². The Labute approximate surface area is 135 Å². The minimum Gasteiger partial charge on any atom is -0.356 e. The molecule has 2 rings (SSSR count). The SMILES string of the molecule is CN=C(NCCc1ccc(Cl)nc1)NCCc1ccccn1. The van der Waals surface area contributed by atoms with Gasteiger partial charge in [0.1, 0.15) is 5.15 Å². The molecule has 5 nitrogen and oxygen atoms in total. The number of halogens is 1. The quantitative estimate of drug-likeness (QED) is 0.486. The largest absolute Gasteiger partial charge is 0.356 e. The van der Waals surface area contributed by atoms with Crippen LogP contribution in [0.25, 0.3) is 0 Å².